The van der Waals surface area contributed by atoms with E-state index >= 15 is 0 Å². The van der Waals surface area contributed by atoms with Gasteiger partial charge in [-0.2, -0.15) is 0 Å². The third-order valence-corrected chi connectivity index (χ3v) is 5.61. The molecule has 0 atom stereocenters. The Morgan fingerprint density at radius 3 is 2.19 bits per heavy atom. The lowest BCUT2D eigenvalue weighted by Gasteiger charge is -2.27. The predicted octanol–water partition coefficient (Wildman–Crippen LogP) is 3.12. The van der Waals surface area contributed by atoms with E-state index in [2.05, 4.69) is 34.9 Å². The van der Waals surface area contributed by atoms with Crippen molar-refractivity contribution in [1.29, 1.82) is 0 Å². The van der Waals surface area contributed by atoms with Gasteiger partial charge in [0.1, 0.15) is 0 Å². The van der Waals surface area contributed by atoms with E-state index in [-0.39, 0.29) is 0 Å². The molecule has 0 aromatic rings. The van der Waals surface area contributed by atoms with Crippen LogP contribution in [0.3, 0.4) is 0 Å². The molecule has 26 heavy (non-hydrogen) atoms. The quantitative estimate of drug-likeness (QED) is 0.316. The second kappa shape index (κ2) is 13.4. The highest BCUT2D eigenvalue weighted by atomic mass is 15.2. The third kappa shape index (κ3) is 9.77. The van der Waals surface area contributed by atoms with Gasteiger partial charge in [0, 0.05) is 12.6 Å². The van der Waals surface area contributed by atoms with Crippen molar-refractivity contribution in [1.82, 2.24) is 20.9 Å². The van der Waals surface area contributed by atoms with Crippen molar-refractivity contribution in [2.75, 3.05) is 40.3 Å². The summed E-state index contributed by atoms with van der Waals surface area (Å²) in [6.07, 6.45) is 15.7. The number of guanidine groups is 1. The number of nitrogens with zero attached hydrogens (tertiary/aromatic N) is 2. The highest BCUT2D eigenvalue weighted by Crippen LogP contribution is 2.21. The minimum atomic E-state index is 0.534. The van der Waals surface area contributed by atoms with Gasteiger partial charge in [-0.05, 0) is 72.3 Å². The molecule has 0 aromatic heterocycles. The van der Waals surface area contributed by atoms with Gasteiger partial charge in [0.05, 0.1) is 6.04 Å². The first-order valence-corrected chi connectivity index (χ1v) is 11.2. The molecule has 2 saturated carbocycles. The van der Waals surface area contributed by atoms with Crippen molar-refractivity contribution in [3.63, 3.8) is 0 Å². The van der Waals surface area contributed by atoms with Crippen LogP contribution in [0.25, 0.3) is 0 Å². The van der Waals surface area contributed by atoms with Crippen LogP contribution >= 0.6 is 0 Å². The second-order valence-corrected chi connectivity index (χ2v) is 8.44. The molecule has 0 spiro atoms. The fourth-order valence-corrected chi connectivity index (χ4v) is 4.03. The Morgan fingerprint density at radius 2 is 1.50 bits per heavy atom. The van der Waals surface area contributed by atoms with Crippen molar-refractivity contribution in [3.8, 4) is 0 Å². The number of nitrogens with one attached hydrogen (secondary N) is 3. The Morgan fingerprint density at radius 1 is 0.846 bits per heavy atom. The highest BCUT2D eigenvalue weighted by Gasteiger charge is 2.17. The molecule has 152 valence electrons. The molecular weight excluding hydrogens is 322 g/mol. The Kier molecular flexibility index (Phi) is 11.1. The van der Waals surface area contributed by atoms with Crippen LogP contribution in [0.15, 0.2) is 4.99 Å². The summed E-state index contributed by atoms with van der Waals surface area (Å²) in [5.74, 6) is 1.08. The van der Waals surface area contributed by atoms with Gasteiger partial charge in [-0.15, -0.1) is 0 Å². The molecule has 0 bridgehead atoms. The molecule has 0 aliphatic heterocycles. The Bertz CT molecular complexity index is 371. The predicted molar refractivity (Wildman–Crippen MR) is 113 cm³/mol. The van der Waals surface area contributed by atoms with Crippen molar-refractivity contribution >= 4 is 5.96 Å². The van der Waals surface area contributed by atoms with E-state index in [0.717, 1.165) is 38.6 Å². The summed E-state index contributed by atoms with van der Waals surface area (Å²) < 4.78 is 0. The zero-order valence-electron chi connectivity index (χ0n) is 17.4. The number of rotatable bonds is 10. The second-order valence-electron chi connectivity index (χ2n) is 8.44. The maximum Gasteiger partial charge on any atom is 0.191 e. The lowest BCUT2D eigenvalue weighted by atomic mass is 9.95. The van der Waals surface area contributed by atoms with Gasteiger partial charge in [-0.3, -0.25) is 0 Å². The summed E-state index contributed by atoms with van der Waals surface area (Å²) in [5.41, 5.74) is 0. The van der Waals surface area contributed by atoms with Crippen LogP contribution in [-0.4, -0.2) is 63.2 Å². The first-order chi connectivity index (χ1) is 12.7. The Balaban J connectivity index is 1.66. The van der Waals surface area contributed by atoms with Crippen molar-refractivity contribution in [2.24, 2.45) is 4.99 Å². The summed E-state index contributed by atoms with van der Waals surface area (Å²) in [7, 11) is 4.27. The average molecular weight is 366 g/mol. The minimum Gasteiger partial charge on any atom is -0.356 e. The van der Waals surface area contributed by atoms with Gasteiger partial charge in [0.25, 0.3) is 0 Å². The maximum atomic E-state index is 5.06. The summed E-state index contributed by atoms with van der Waals surface area (Å²) in [6.45, 7) is 4.36. The zero-order valence-corrected chi connectivity index (χ0v) is 17.4. The van der Waals surface area contributed by atoms with Gasteiger partial charge in [-0.1, -0.05) is 38.5 Å². The van der Waals surface area contributed by atoms with Crippen LogP contribution in [0.5, 0.6) is 0 Å². The molecular formula is C21H43N5. The van der Waals surface area contributed by atoms with Crippen LogP contribution in [0.4, 0.5) is 0 Å². The van der Waals surface area contributed by atoms with E-state index in [0.29, 0.717) is 12.1 Å². The van der Waals surface area contributed by atoms with Gasteiger partial charge in [0.15, 0.2) is 5.96 Å². The molecule has 0 amide bonds. The summed E-state index contributed by atoms with van der Waals surface area (Å²) in [5, 5.41) is 10.9. The van der Waals surface area contributed by atoms with Crippen LogP contribution in [0.2, 0.25) is 0 Å². The molecule has 2 aliphatic carbocycles. The highest BCUT2D eigenvalue weighted by molar-refractivity contribution is 5.80. The third-order valence-electron chi connectivity index (χ3n) is 5.61. The topological polar surface area (TPSA) is 51.7 Å². The Hall–Kier alpha value is -0.810. The molecule has 0 aromatic carbocycles. The molecule has 0 heterocycles. The normalized spacial score (nSPS) is 20.5. The molecule has 2 rings (SSSR count). The van der Waals surface area contributed by atoms with Gasteiger partial charge in [0.2, 0.25) is 0 Å². The molecule has 2 aliphatic rings. The van der Waals surface area contributed by atoms with Gasteiger partial charge < -0.3 is 20.9 Å². The summed E-state index contributed by atoms with van der Waals surface area (Å²) in [6, 6.07) is 1.16. The van der Waals surface area contributed by atoms with Crippen LogP contribution in [0, 0.1) is 0 Å². The lowest BCUT2D eigenvalue weighted by molar-refractivity contribution is 0.394. The molecule has 3 N–H and O–H groups in total. The van der Waals surface area contributed by atoms with E-state index in [4.69, 9.17) is 4.99 Å². The van der Waals surface area contributed by atoms with Crippen LogP contribution in [0.1, 0.15) is 77.0 Å². The minimum absolute atomic E-state index is 0.534. The fraction of sp³-hybridized carbons (Fsp3) is 0.952. The SMILES string of the molecule is CN(C)CCCNCCCNC(=NC1CCCCC1)NC1CCCCC1. The molecule has 0 saturated heterocycles. The molecule has 5 nitrogen and oxygen atoms in total. The largest absolute Gasteiger partial charge is 0.356 e. The van der Waals surface area contributed by atoms with Crippen LogP contribution < -0.4 is 16.0 Å². The molecule has 0 unspecified atom stereocenters. The number of hydrogen-bond acceptors (Lipinski definition) is 3. The maximum absolute atomic E-state index is 5.06. The van der Waals surface area contributed by atoms with Gasteiger partial charge in [-0.25, -0.2) is 4.99 Å². The van der Waals surface area contributed by atoms with E-state index in [9.17, 15) is 0 Å². The van der Waals surface area contributed by atoms with E-state index in [1.807, 2.05) is 0 Å². The first kappa shape index (κ1) is 21.5. The molecule has 5 heteroatoms. The standard InChI is InChI=1S/C21H43N5/c1-26(2)18-10-16-22-15-9-17-23-21(24-19-11-5-3-6-12-19)25-20-13-7-4-8-14-20/h19-20,22H,3-18H2,1-2H3,(H2,23,24,25). The van der Waals surface area contributed by atoms with Crippen molar-refractivity contribution < 1.29 is 0 Å². The monoisotopic (exact) mass is 365 g/mol. The Labute approximate surface area is 161 Å². The smallest absolute Gasteiger partial charge is 0.191 e. The molecule has 2 fully saturated rings. The molecule has 0 radical (unpaired) electrons. The van der Waals surface area contributed by atoms with Crippen molar-refractivity contribution in [3.05, 3.63) is 0 Å². The van der Waals surface area contributed by atoms with Crippen molar-refractivity contribution in [2.45, 2.75) is 89.1 Å². The van der Waals surface area contributed by atoms with E-state index in [1.165, 1.54) is 70.6 Å². The number of aliphatic imine (C=N–C) groups is 1. The summed E-state index contributed by atoms with van der Waals surface area (Å²) >= 11 is 0. The number of hydrogen-bond donors (Lipinski definition) is 3. The van der Waals surface area contributed by atoms with Gasteiger partial charge >= 0.3 is 0 Å². The van der Waals surface area contributed by atoms with Crippen LogP contribution in [-0.2, 0) is 0 Å². The fourth-order valence-electron chi connectivity index (χ4n) is 4.03. The van der Waals surface area contributed by atoms with E-state index < -0.39 is 0 Å². The lowest BCUT2D eigenvalue weighted by Crippen LogP contribution is -2.45. The average Bonchev–Trinajstić information content (AvgIpc) is 2.65. The first-order valence-electron chi connectivity index (χ1n) is 11.2. The van der Waals surface area contributed by atoms with E-state index in [1.54, 1.807) is 0 Å². The summed E-state index contributed by atoms with van der Waals surface area (Å²) in [4.78, 5) is 7.31. The zero-order chi connectivity index (χ0) is 18.5.